The van der Waals surface area contributed by atoms with Crippen LogP contribution in [0.3, 0.4) is 0 Å². The number of nitrogens with one attached hydrogen (secondary N) is 1. The summed E-state index contributed by atoms with van der Waals surface area (Å²) in [5, 5.41) is 4.74. The lowest BCUT2D eigenvalue weighted by Gasteiger charge is -2.26. The lowest BCUT2D eigenvalue weighted by Crippen LogP contribution is -2.34. The second-order valence-electron chi connectivity index (χ2n) is 5.84. The number of thiophene rings is 1. The first-order valence-electron chi connectivity index (χ1n) is 7.60. The number of hydrogen-bond acceptors (Lipinski definition) is 5. The first kappa shape index (κ1) is 17.1. The van der Waals surface area contributed by atoms with Crippen LogP contribution in [-0.4, -0.2) is 37.2 Å². The molecule has 1 unspecified atom stereocenters. The van der Waals surface area contributed by atoms with E-state index in [9.17, 15) is 9.59 Å². The Morgan fingerprint density at radius 3 is 2.73 bits per heavy atom. The fourth-order valence-corrected chi connectivity index (χ4v) is 3.24. The van der Waals surface area contributed by atoms with E-state index in [4.69, 9.17) is 9.47 Å². The molecule has 1 aromatic heterocycles. The Kier molecular flexibility index (Phi) is 6.11. The molecule has 22 heavy (non-hydrogen) atoms. The minimum Gasteiger partial charge on any atom is -0.356 e. The van der Waals surface area contributed by atoms with Gasteiger partial charge in [0, 0.05) is 25.8 Å². The smallest absolute Gasteiger partial charge is 0.220 e. The number of amides is 1. The molecule has 122 valence electrons. The Labute approximate surface area is 135 Å². The number of rotatable bonds is 8. The van der Waals surface area contributed by atoms with Crippen LogP contribution in [0.5, 0.6) is 0 Å². The molecule has 0 aromatic carbocycles. The highest BCUT2D eigenvalue weighted by molar-refractivity contribution is 7.12. The average Bonchev–Trinajstić information content (AvgIpc) is 3.14. The van der Waals surface area contributed by atoms with Crippen LogP contribution in [-0.2, 0) is 14.3 Å². The highest BCUT2D eigenvalue weighted by atomic mass is 32.1. The number of ether oxygens (including phenoxy) is 2. The lowest BCUT2D eigenvalue weighted by atomic mass is 10.0. The van der Waals surface area contributed by atoms with E-state index < -0.39 is 5.79 Å². The number of Topliss-reactive ketones (excluding diaryl/α,β-unsaturated/α-hetero) is 1. The molecule has 0 radical (unpaired) electrons. The van der Waals surface area contributed by atoms with E-state index in [0.29, 0.717) is 24.6 Å². The van der Waals surface area contributed by atoms with Crippen molar-refractivity contribution in [3.8, 4) is 0 Å². The van der Waals surface area contributed by atoms with Crippen LogP contribution < -0.4 is 5.32 Å². The molecule has 2 rings (SSSR count). The predicted molar refractivity (Wildman–Crippen MR) is 85.0 cm³/mol. The van der Waals surface area contributed by atoms with Gasteiger partial charge < -0.3 is 14.8 Å². The monoisotopic (exact) mass is 325 g/mol. The van der Waals surface area contributed by atoms with Gasteiger partial charge in [0.1, 0.15) is 0 Å². The third kappa shape index (κ3) is 5.19. The van der Waals surface area contributed by atoms with Gasteiger partial charge in [-0.05, 0) is 24.3 Å². The Bertz CT molecular complexity index is 494. The van der Waals surface area contributed by atoms with Gasteiger partial charge in [-0.25, -0.2) is 0 Å². The molecule has 1 aliphatic heterocycles. The molecule has 0 aliphatic carbocycles. The van der Waals surface area contributed by atoms with Crippen molar-refractivity contribution in [2.75, 3.05) is 19.8 Å². The van der Waals surface area contributed by atoms with E-state index in [1.807, 2.05) is 25.3 Å². The molecule has 1 aliphatic rings. The van der Waals surface area contributed by atoms with Gasteiger partial charge >= 0.3 is 0 Å². The molecular weight excluding hydrogens is 302 g/mol. The molecule has 0 saturated carbocycles. The first-order chi connectivity index (χ1) is 10.5. The molecule has 0 spiro atoms. The molecule has 1 aromatic rings. The topological polar surface area (TPSA) is 64.6 Å². The standard InChI is InChI=1S/C16H23NO4S/c1-12(10-16(2)20-7-8-21-16)11-17-15(19)6-5-13(18)14-4-3-9-22-14/h3-4,9,12H,5-8,10-11H2,1-2H3,(H,17,19). The second kappa shape index (κ2) is 7.85. The Morgan fingerprint density at radius 1 is 1.36 bits per heavy atom. The Morgan fingerprint density at radius 2 is 2.09 bits per heavy atom. The first-order valence-corrected chi connectivity index (χ1v) is 8.48. The average molecular weight is 325 g/mol. The maximum Gasteiger partial charge on any atom is 0.220 e. The van der Waals surface area contributed by atoms with Crippen LogP contribution in [0.4, 0.5) is 0 Å². The summed E-state index contributed by atoms with van der Waals surface area (Å²) in [7, 11) is 0. The second-order valence-corrected chi connectivity index (χ2v) is 6.79. The molecule has 0 bridgehead atoms. The van der Waals surface area contributed by atoms with Crippen LogP contribution in [0.1, 0.15) is 42.8 Å². The largest absolute Gasteiger partial charge is 0.356 e. The van der Waals surface area contributed by atoms with E-state index in [-0.39, 0.29) is 30.4 Å². The van der Waals surface area contributed by atoms with Crippen molar-refractivity contribution in [2.24, 2.45) is 5.92 Å². The lowest BCUT2D eigenvalue weighted by molar-refractivity contribution is -0.154. The minimum absolute atomic E-state index is 0.0264. The van der Waals surface area contributed by atoms with Gasteiger partial charge in [0.05, 0.1) is 18.1 Å². The van der Waals surface area contributed by atoms with Crippen molar-refractivity contribution >= 4 is 23.0 Å². The van der Waals surface area contributed by atoms with Gasteiger partial charge in [-0.2, -0.15) is 0 Å². The quantitative estimate of drug-likeness (QED) is 0.746. The van der Waals surface area contributed by atoms with Crippen LogP contribution in [0.15, 0.2) is 17.5 Å². The fraction of sp³-hybridized carbons (Fsp3) is 0.625. The molecule has 1 N–H and O–H groups in total. The zero-order chi connectivity index (χ0) is 16.0. The third-order valence-corrected chi connectivity index (χ3v) is 4.55. The maximum atomic E-state index is 11.8. The Balaban J connectivity index is 1.63. The number of carbonyl (C=O) groups is 2. The van der Waals surface area contributed by atoms with E-state index in [2.05, 4.69) is 5.32 Å². The summed E-state index contributed by atoms with van der Waals surface area (Å²) >= 11 is 1.41. The van der Waals surface area contributed by atoms with Gasteiger partial charge in [-0.1, -0.05) is 13.0 Å². The minimum atomic E-state index is -0.528. The molecule has 6 heteroatoms. The van der Waals surface area contributed by atoms with Crippen LogP contribution in [0.25, 0.3) is 0 Å². The van der Waals surface area contributed by atoms with Crippen molar-refractivity contribution in [2.45, 2.75) is 38.9 Å². The van der Waals surface area contributed by atoms with E-state index in [1.165, 1.54) is 11.3 Å². The van der Waals surface area contributed by atoms with Gasteiger partial charge in [-0.3, -0.25) is 9.59 Å². The molecule has 5 nitrogen and oxygen atoms in total. The normalized spacial score (nSPS) is 18.1. The summed E-state index contributed by atoms with van der Waals surface area (Å²) in [5.41, 5.74) is 0. The summed E-state index contributed by atoms with van der Waals surface area (Å²) in [6.45, 7) is 5.79. The van der Waals surface area contributed by atoms with Crippen LogP contribution in [0, 0.1) is 5.92 Å². The van der Waals surface area contributed by atoms with Crippen LogP contribution >= 0.6 is 11.3 Å². The van der Waals surface area contributed by atoms with E-state index >= 15 is 0 Å². The summed E-state index contributed by atoms with van der Waals surface area (Å²) in [6.07, 6.45) is 1.22. The molecule has 1 atom stereocenters. The predicted octanol–water partition coefficient (Wildman–Crippen LogP) is 2.62. The number of ketones is 1. The van der Waals surface area contributed by atoms with Crippen LogP contribution in [0.2, 0.25) is 0 Å². The van der Waals surface area contributed by atoms with Gasteiger partial charge in [-0.15, -0.1) is 11.3 Å². The molecule has 1 amide bonds. The highest BCUT2D eigenvalue weighted by Crippen LogP contribution is 2.26. The van der Waals surface area contributed by atoms with Gasteiger partial charge in [0.2, 0.25) is 5.91 Å². The van der Waals surface area contributed by atoms with Crippen molar-refractivity contribution in [1.82, 2.24) is 5.32 Å². The molecule has 2 heterocycles. The molecular formula is C16H23NO4S. The zero-order valence-electron chi connectivity index (χ0n) is 13.1. The number of hydrogen-bond donors (Lipinski definition) is 1. The zero-order valence-corrected chi connectivity index (χ0v) is 13.9. The fourth-order valence-electron chi connectivity index (χ4n) is 2.54. The summed E-state index contributed by atoms with van der Waals surface area (Å²) in [6, 6.07) is 3.63. The SMILES string of the molecule is CC(CNC(=O)CCC(=O)c1cccs1)CC1(C)OCCO1. The molecule has 1 saturated heterocycles. The summed E-state index contributed by atoms with van der Waals surface area (Å²) in [4.78, 5) is 24.3. The molecule has 1 fully saturated rings. The Hall–Kier alpha value is -1.24. The third-order valence-electron chi connectivity index (χ3n) is 3.64. The van der Waals surface area contributed by atoms with Crippen molar-refractivity contribution < 1.29 is 19.1 Å². The highest BCUT2D eigenvalue weighted by Gasteiger charge is 2.32. The van der Waals surface area contributed by atoms with Gasteiger partial charge in [0.15, 0.2) is 11.6 Å². The van der Waals surface area contributed by atoms with Gasteiger partial charge in [0.25, 0.3) is 0 Å². The summed E-state index contributed by atoms with van der Waals surface area (Å²) < 4.78 is 11.1. The van der Waals surface area contributed by atoms with E-state index in [1.54, 1.807) is 6.07 Å². The number of carbonyl (C=O) groups excluding carboxylic acids is 2. The van der Waals surface area contributed by atoms with Crippen molar-refractivity contribution in [3.63, 3.8) is 0 Å². The van der Waals surface area contributed by atoms with E-state index in [0.717, 1.165) is 6.42 Å². The van der Waals surface area contributed by atoms with Crippen molar-refractivity contribution in [3.05, 3.63) is 22.4 Å². The van der Waals surface area contributed by atoms with Crippen molar-refractivity contribution in [1.29, 1.82) is 0 Å². The maximum absolute atomic E-state index is 11.8. The summed E-state index contributed by atoms with van der Waals surface area (Å²) in [5.74, 6) is -0.340.